The zero-order valence-electron chi connectivity index (χ0n) is 11.4. The number of benzene rings is 1. The molecule has 4 nitrogen and oxygen atoms in total. The second-order valence-corrected chi connectivity index (χ2v) is 5.21. The Morgan fingerprint density at radius 2 is 2.26 bits per heavy atom. The first kappa shape index (κ1) is 13.6. The molecule has 1 aromatic carbocycles. The third kappa shape index (κ3) is 3.12. The van der Waals surface area contributed by atoms with Gasteiger partial charge in [0.25, 0.3) is 0 Å². The Kier molecular flexibility index (Phi) is 4.18. The van der Waals surface area contributed by atoms with Crippen molar-refractivity contribution in [2.45, 2.75) is 26.3 Å². The van der Waals surface area contributed by atoms with Gasteiger partial charge >= 0.3 is 0 Å². The van der Waals surface area contributed by atoms with E-state index in [0.717, 1.165) is 19.5 Å². The monoisotopic (exact) mass is 257 g/mol. The smallest absolute Gasteiger partial charge is 0.241 e. The lowest BCUT2D eigenvalue weighted by atomic mass is 10.1. The fourth-order valence-electron chi connectivity index (χ4n) is 2.41. The maximum atomic E-state index is 12.2. The number of rotatable bonds is 3. The molecule has 1 amide bonds. The normalized spacial score (nSPS) is 20.8. The molecule has 1 aromatic rings. The number of nitrogens with one attached hydrogen (secondary N) is 1. The van der Waals surface area contributed by atoms with Gasteiger partial charge in [0.2, 0.25) is 5.91 Å². The second kappa shape index (κ2) is 5.85. The molecule has 0 aliphatic carbocycles. The van der Waals surface area contributed by atoms with Gasteiger partial charge in [0, 0.05) is 6.54 Å². The SMILES string of the molecule is CC1CCN(C(C)C(=O)Nc2ccccc2C#N)C1. The minimum atomic E-state index is -0.156. The van der Waals surface area contributed by atoms with Crippen molar-refractivity contribution >= 4 is 11.6 Å². The average molecular weight is 257 g/mol. The highest BCUT2D eigenvalue weighted by Crippen LogP contribution is 2.19. The standard InChI is InChI=1S/C15H19N3O/c1-11-7-8-18(10-11)12(2)15(19)17-14-6-4-3-5-13(14)9-16/h3-6,11-12H,7-8,10H2,1-2H3,(H,17,19). The Bertz CT molecular complexity index is 506. The van der Waals surface area contributed by atoms with Crippen molar-refractivity contribution in [1.29, 1.82) is 5.26 Å². The van der Waals surface area contributed by atoms with Gasteiger partial charge in [-0.3, -0.25) is 9.69 Å². The van der Waals surface area contributed by atoms with Crippen LogP contribution in [0.2, 0.25) is 0 Å². The molecule has 4 heteroatoms. The number of carbonyl (C=O) groups is 1. The van der Waals surface area contributed by atoms with E-state index in [1.807, 2.05) is 13.0 Å². The summed E-state index contributed by atoms with van der Waals surface area (Å²) >= 11 is 0. The molecule has 0 saturated carbocycles. The Morgan fingerprint density at radius 3 is 2.89 bits per heavy atom. The van der Waals surface area contributed by atoms with Crippen molar-refractivity contribution in [2.24, 2.45) is 5.92 Å². The van der Waals surface area contributed by atoms with E-state index in [-0.39, 0.29) is 11.9 Å². The molecule has 2 unspecified atom stereocenters. The number of nitriles is 1. The molecule has 0 bridgehead atoms. The lowest BCUT2D eigenvalue weighted by molar-refractivity contribution is -0.120. The van der Waals surface area contributed by atoms with Crippen LogP contribution in [0, 0.1) is 17.2 Å². The predicted molar refractivity (Wildman–Crippen MR) is 74.6 cm³/mol. The molecule has 1 aliphatic rings. The van der Waals surface area contributed by atoms with Crippen LogP contribution < -0.4 is 5.32 Å². The third-order valence-electron chi connectivity index (χ3n) is 3.69. The molecule has 1 heterocycles. The summed E-state index contributed by atoms with van der Waals surface area (Å²) in [7, 11) is 0. The van der Waals surface area contributed by atoms with Crippen molar-refractivity contribution in [2.75, 3.05) is 18.4 Å². The highest BCUT2D eigenvalue weighted by molar-refractivity contribution is 5.95. The highest BCUT2D eigenvalue weighted by atomic mass is 16.2. The summed E-state index contributed by atoms with van der Waals surface area (Å²) < 4.78 is 0. The number of anilines is 1. The molecule has 1 aliphatic heterocycles. The van der Waals surface area contributed by atoms with Crippen LogP contribution in [0.5, 0.6) is 0 Å². The van der Waals surface area contributed by atoms with Gasteiger partial charge < -0.3 is 5.32 Å². The van der Waals surface area contributed by atoms with Crippen LogP contribution in [0.15, 0.2) is 24.3 Å². The number of amides is 1. The summed E-state index contributed by atoms with van der Waals surface area (Å²) in [6, 6.07) is 9.01. The average Bonchev–Trinajstić information content (AvgIpc) is 2.85. The molecule has 1 N–H and O–H groups in total. The Morgan fingerprint density at radius 1 is 1.53 bits per heavy atom. The van der Waals surface area contributed by atoms with Gasteiger partial charge in [0.05, 0.1) is 17.3 Å². The molecule has 1 saturated heterocycles. The first-order valence-corrected chi connectivity index (χ1v) is 6.66. The summed E-state index contributed by atoms with van der Waals surface area (Å²) in [5, 5.41) is 11.9. The fourth-order valence-corrected chi connectivity index (χ4v) is 2.41. The second-order valence-electron chi connectivity index (χ2n) is 5.21. The summed E-state index contributed by atoms with van der Waals surface area (Å²) in [5.41, 5.74) is 1.09. The number of hydrogen-bond donors (Lipinski definition) is 1. The predicted octanol–water partition coefficient (Wildman–Crippen LogP) is 2.23. The molecule has 1 fully saturated rings. The largest absolute Gasteiger partial charge is 0.324 e. The van der Waals surface area contributed by atoms with Gasteiger partial charge in [-0.05, 0) is 37.9 Å². The number of likely N-dealkylation sites (tertiary alicyclic amines) is 1. The van der Waals surface area contributed by atoms with Crippen LogP contribution in [-0.2, 0) is 4.79 Å². The van der Waals surface area contributed by atoms with Gasteiger partial charge in [0.1, 0.15) is 6.07 Å². The van der Waals surface area contributed by atoms with E-state index in [9.17, 15) is 4.79 Å². The van der Waals surface area contributed by atoms with E-state index in [0.29, 0.717) is 17.2 Å². The Hall–Kier alpha value is -1.86. The molecule has 0 aromatic heterocycles. The van der Waals surface area contributed by atoms with Crippen molar-refractivity contribution in [3.05, 3.63) is 29.8 Å². The first-order chi connectivity index (χ1) is 9.11. The van der Waals surface area contributed by atoms with Crippen LogP contribution >= 0.6 is 0 Å². The fraction of sp³-hybridized carbons (Fsp3) is 0.467. The number of carbonyl (C=O) groups excluding carboxylic acids is 1. The molecular weight excluding hydrogens is 238 g/mol. The summed E-state index contributed by atoms with van der Waals surface area (Å²) in [4.78, 5) is 14.4. The molecule has 0 spiro atoms. The molecule has 2 atom stereocenters. The topological polar surface area (TPSA) is 56.1 Å². The van der Waals surface area contributed by atoms with Crippen molar-refractivity contribution < 1.29 is 4.79 Å². The minimum absolute atomic E-state index is 0.0446. The van der Waals surface area contributed by atoms with Crippen LogP contribution in [0.3, 0.4) is 0 Å². The number of hydrogen-bond acceptors (Lipinski definition) is 3. The zero-order chi connectivity index (χ0) is 13.8. The van der Waals surface area contributed by atoms with Crippen molar-refractivity contribution in [3.63, 3.8) is 0 Å². The van der Waals surface area contributed by atoms with E-state index in [1.54, 1.807) is 18.2 Å². The van der Waals surface area contributed by atoms with Gasteiger partial charge in [-0.15, -0.1) is 0 Å². The molecule has 2 rings (SSSR count). The van der Waals surface area contributed by atoms with Crippen LogP contribution in [-0.4, -0.2) is 29.9 Å². The number of nitrogens with zero attached hydrogens (tertiary/aromatic N) is 2. The van der Waals surface area contributed by atoms with E-state index in [4.69, 9.17) is 5.26 Å². The Labute approximate surface area is 114 Å². The maximum Gasteiger partial charge on any atom is 0.241 e. The number of para-hydroxylation sites is 1. The summed E-state index contributed by atoms with van der Waals surface area (Å²) in [6.45, 7) is 6.06. The quantitative estimate of drug-likeness (QED) is 0.903. The maximum absolute atomic E-state index is 12.2. The van der Waals surface area contributed by atoms with Gasteiger partial charge in [-0.2, -0.15) is 5.26 Å². The van der Waals surface area contributed by atoms with Crippen LogP contribution in [0.25, 0.3) is 0 Å². The molecular formula is C15H19N3O. The van der Waals surface area contributed by atoms with Crippen molar-refractivity contribution in [3.8, 4) is 6.07 Å². The van der Waals surface area contributed by atoms with E-state index >= 15 is 0 Å². The van der Waals surface area contributed by atoms with Gasteiger partial charge in [0.15, 0.2) is 0 Å². The van der Waals surface area contributed by atoms with Crippen molar-refractivity contribution in [1.82, 2.24) is 4.90 Å². The molecule has 0 radical (unpaired) electrons. The minimum Gasteiger partial charge on any atom is -0.324 e. The summed E-state index contributed by atoms with van der Waals surface area (Å²) in [6.07, 6.45) is 1.15. The first-order valence-electron chi connectivity index (χ1n) is 6.66. The van der Waals surface area contributed by atoms with Crippen LogP contribution in [0.4, 0.5) is 5.69 Å². The van der Waals surface area contributed by atoms with E-state index < -0.39 is 0 Å². The van der Waals surface area contributed by atoms with Gasteiger partial charge in [-0.25, -0.2) is 0 Å². The van der Waals surface area contributed by atoms with Crippen LogP contribution in [0.1, 0.15) is 25.8 Å². The lowest BCUT2D eigenvalue weighted by Crippen LogP contribution is -2.40. The zero-order valence-corrected chi connectivity index (χ0v) is 11.4. The van der Waals surface area contributed by atoms with Gasteiger partial charge in [-0.1, -0.05) is 19.1 Å². The summed E-state index contributed by atoms with van der Waals surface area (Å²) in [5.74, 6) is 0.610. The Balaban J connectivity index is 2.03. The highest BCUT2D eigenvalue weighted by Gasteiger charge is 2.27. The van der Waals surface area contributed by atoms with E-state index in [2.05, 4.69) is 23.2 Å². The molecule has 19 heavy (non-hydrogen) atoms. The lowest BCUT2D eigenvalue weighted by Gasteiger charge is -2.23. The molecule has 100 valence electrons. The van der Waals surface area contributed by atoms with E-state index in [1.165, 1.54) is 0 Å². The third-order valence-corrected chi connectivity index (χ3v) is 3.69.